The third-order valence-electron chi connectivity index (χ3n) is 6.58. The highest BCUT2D eigenvalue weighted by Gasteiger charge is 2.34. The molecule has 0 spiro atoms. The predicted molar refractivity (Wildman–Crippen MR) is 147 cm³/mol. The van der Waals surface area contributed by atoms with Gasteiger partial charge in [-0.15, -0.1) is 0 Å². The number of hydrogen-bond acceptors (Lipinski definition) is 8. The number of nitrogens with one attached hydrogen (secondary N) is 2. The lowest BCUT2D eigenvalue weighted by atomic mass is 9.74. The highest BCUT2D eigenvalue weighted by molar-refractivity contribution is 7.99. The number of anilines is 2. The zero-order chi connectivity index (χ0) is 24.8. The van der Waals surface area contributed by atoms with E-state index in [1.54, 1.807) is 18.5 Å². The summed E-state index contributed by atoms with van der Waals surface area (Å²) in [7, 11) is 0. The highest BCUT2D eigenvalue weighted by Crippen LogP contribution is 2.35. The van der Waals surface area contributed by atoms with Crippen LogP contribution in [0, 0.1) is 0 Å². The van der Waals surface area contributed by atoms with Crippen molar-refractivity contribution in [1.82, 2.24) is 25.3 Å². The second-order valence-electron chi connectivity index (χ2n) is 8.92. The first-order valence-corrected chi connectivity index (χ1v) is 13.7. The lowest BCUT2D eigenvalue weighted by Crippen LogP contribution is -2.45. The summed E-state index contributed by atoms with van der Waals surface area (Å²) in [6.45, 7) is 4.07. The Kier molecular flexibility index (Phi) is 8.15. The second-order valence-corrected chi connectivity index (χ2v) is 10.8. The number of aromatic nitrogens is 4. The van der Waals surface area contributed by atoms with Crippen molar-refractivity contribution in [3.8, 4) is 0 Å². The fourth-order valence-electron chi connectivity index (χ4n) is 4.59. The standard InChI is InChI=1S/C25H28ClN7OS2/c26-19-6-4-18(5-7-19)25(8-14-34-15-9-25)17-29-23(35)32-22-30-20(33-12-1-2-13-33)16-21(31-22)36-24-27-10-3-11-28-24/h3-7,10-11,16H,1-2,8-9,12-15,17H2,(H2,29,30,31,32,35). The molecule has 0 unspecified atom stereocenters. The summed E-state index contributed by atoms with van der Waals surface area (Å²) in [5, 5.41) is 9.26. The Labute approximate surface area is 225 Å². The maximum Gasteiger partial charge on any atom is 0.232 e. The Morgan fingerprint density at radius 2 is 1.81 bits per heavy atom. The first-order valence-electron chi connectivity index (χ1n) is 12.1. The van der Waals surface area contributed by atoms with Gasteiger partial charge in [-0.3, -0.25) is 0 Å². The molecule has 0 bridgehead atoms. The highest BCUT2D eigenvalue weighted by atomic mass is 35.5. The average Bonchev–Trinajstić information content (AvgIpc) is 3.44. The van der Waals surface area contributed by atoms with Gasteiger partial charge in [0.25, 0.3) is 0 Å². The van der Waals surface area contributed by atoms with Gasteiger partial charge in [0, 0.05) is 61.7 Å². The van der Waals surface area contributed by atoms with E-state index in [2.05, 4.69) is 37.6 Å². The molecule has 2 N–H and O–H groups in total. The number of nitrogens with zero attached hydrogens (tertiary/aromatic N) is 5. The van der Waals surface area contributed by atoms with Crippen LogP contribution in [0.25, 0.3) is 0 Å². The molecule has 3 aromatic rings. The SMILES string of the molecule is S=C(NCC1(c2ccc(Cl)cc2)CCOCC1)Nc1nc(Sc2ncccn2)cc(N2CCCC2)n1. The van der Waals surface area contributed by atoms with Crippen LogP contribution in [0.15, 0.2) is 59.0 Å². The molecule has 2 aromatic heterocycles. The van der Waals surface area contributed by atoms with E-state index in [1.807, 2.05) is 18.2 Å². The van der Waals surface area contributed by atoms with Crippen molar-refractivity contribution in [2.75, 3.05) is 43.1 Å². The summed E-state index contributed by atoms with van der Waals surface area (Å²) in [6, 6.07) is 11.9. The number of rotatable bonds is 7. The zero-order valence-electron chi connectivity index (χ0n) is 19.8. The summed E-state index contributed by atoms with van der Waals surface area (Å²) in [5.41, 5.74) is 1.15. The van der Waals surface area contributed by atoms with Crippen molar-refractivity contribution >= 4 is 52.5 Å². The summed E-state index contributed by atoms with van der Waals surface area (Å²) < 4.78 is 5.66. The molecule has 0 radical (unpaired) electrons. The third kappa shape index (κ3) is 6.23. The van der Waals surface area contributed by atoms with E-state index in [4.69, 9.17) is 38.5 Å². The van der Waals surface area contributed by atoms with Gasteiger partial charge in [-0.05, 0) is 73.4 Å². The van der Waals surface area contributed by atoms with Crippen molar-refractivity contribution < 1.29 is 4.74 Å². The van der Waals surface area contributed by atoms with E-state index < -0.39 is 0 Å². The van der Waals surface area contributed by atoms with Gasteiger partial charge in [-0.1, -0.05) is 23.7 Å². The molecule has 2 saturated heterocycles. The average molecular weight is 542 g/mol. The Hall–Kier alpha value is -2.53. The van der Waals surface area contributed by atoms with E-state index >= 15 is 0 Å². The number of ether oxygens (including phenoxy) is 1. The van der Waals surface area contributed by atoms with Gasteiger partial charge >= 0.3 is 0 Å². The number of halogens is 1. The first-order chi connectivity index (χ1) is 17.6. The Morgan fingerprint density at radius 3 is 2.53 bits per heavy atom. The Bertz CT molecular complexity index is 1170. The van der Waals surface area contributed by atoms with Crippen LogP contribution >= 0.6 is 35.6 Å². The van der Waals surface area contributed by atoms with Crippen molar-refractivity contribution in [1.29, 1.82) is 0 Å². The summed E-state index contributed by atoms with van der Waals surface area (Å²) >= 11 is 13.2. The first kappa shape index (κ1) is 25.1. The van der Waals surface area contributed by atoms with Crippen LogP contribution in [0.4, 0.5) is 11.8 Å². The van der Waals surface area contributed by atoms with Gasteiger partial charge < -0.3 is 20.3 Å². The van der Waals surface area contributed by atoms with Gasteiger partial charge in [0.2, 0.25) is 5.95 Å². The fraction of sp³-hybridized carbons (Fsp3) is 0.400. The minimum absolute atomic E-state index is 0.0848. The van der Waals surface area contributed by atoms with Gasteiger partial charge in [-0.2, -0.15) is 4.98 Å². The van der Waals surface area contributed by atoms with Crippen LogP contribution in [0.3, 0.4) is 0 Å². The molecule has 0 saturated carbocycles. The summed E-state index contributed by atoms with van der Waals surface area (Å²) in [6.07, 6.45) is 7.58. The molecule has 0 atom stereocenters. The number of benzene rings is 1. The molecular formula is C25H28ClN7OS2. The number of thiocarbonyl (C=S) groups is 1. The molecule has 4 heterocycles. The molecule has 0 amide bonds. The predicted octanol–water partition coefficient (Wildman–Crippen LogP) is 4.71. The zero-order valence-corrected chi connectivity index (χ0v) is 22.2. The molecule has 36 heavy (non-hydrogen) atoms. The Morgan fingerprint density at radius 1 is 1.08 bits per heavy atom. The molecule has 0 aliphatic carbocycles. The summed E-state index contributed by atoms with van der Waals surface area (Å²) in [5.74, 6) is 1.34. The van der Waals surface area contributed by atoms with Gasteiger partial charge in [-0.25, -0.2) is 15.0 Å². The van der Waals surface area contributed by atoms with Crippen molar-refractivity contribution in [2.24, 2.45) is 0 Å². The Balaban J connectivity index is 1.31. The van der Waals surface area contributed by atoms with Crippen molar-refractivity contribution in [3.63, 3.8) is 0 Å². The van der Waals surface area contributed by atoms with Crippen LogP contribution in [-0.2, 0) is 10.2 Å². The summed E-state index contributed by atoms with van der Waals surface area (Å²) in [4.78, 5) is 20.4. The molecule has 2 fully saturated rings. The lowest BCUT2D eigenvalue weighted by Gasteiger charge is -2.38. The van der Waals surface area contributed by atoms with E-state index in [1.165, 1.54) is 17.3 Å². The minimum atomic E-state index is -0.0848. The van der Waals surface area contributed by atoms with Gasteiger partial charge in [0.1, 0.15) is 10.8 Å². The third-order valence-corrected chi connectivity index (χ3v) is 7.89. The van der Waals surface area contributed by atoms with E-state index in [-0.39, 0.29) is 5.41 Å². The molecule has 2 aliphatic heterocycles. The lowest BCUT2D eigenvalue weighted by molar-refractivity contribution is 0.0515. The molecule has 1 aromatic carbocycles. The van der Waals surface area contributed by atoms with Crippen LogP contribution in [0.1, 0.15) is 31.2 Å². The molecule has 8 nitrogen and oxygen atoms in total. The molecule has 5 rings (SSSR count). The number of hydrogen-bond donors (Lipinski definition) is 2. The maximum absolute atomic E-state index is 6.14. The largest absolute Gasteiger partial charge is 0.381 e. The van der Waals surface area contributed by atoms with Crippen LogP contribution in [0.5, 0.6) is 0 Å². The van der Waals surface area contributed by atoms with E-state index in [0.717, 1.165) is 54.6 Å². The quantitative estimate of drug-likeness (QED) is 0.249. The molecule has 2 aliphatic rings. The second kappa shape index (κ2) is 11.7. The molecular weight excluding hydrogens is 514 g/mol. The molecule has 188 valence electrons. The van der Waals surface area contributed by atoms with Crippen LogP contribution in [0.2, 0.25) is 5.02 Å². The fourth-order valence-corrected chi connectivity index (χ4v) is 5.59. The van der Waals surface area contributed by atoms with E-state index in [9.17, 15) is 0 Å². The topological polar surface area (TPSA) is 88.1 Å². The van der Waals surface area contributed by atoms with Crippen LogP contribution in [-0.4, -0.2) is 57.9 Å². The smallest absolute Gasteiger partial charge is 0.232 e. The van der Waals surface area contributed by atoms with Crippen molar-refractivity contribution in [2.45, 2.75) is 41.3 Å². The normalized spacial score (nSPS) is 17.1. The monoisotopic (exact) mass is 541 g/mol. The van der Waals surface area contributed by atoms with Gasteiger partial charge in [0.15, 0.2) is 10.3 Å². The molecule has 11 heteroatoms. The maximum atomic E-state index is 6.14. The van der Waals surface area contributed by atoms with Crippen molar-refractivity contribution in [3.05, 3.63) is 59.4 Å². The van der Waals surface area contributed by atoms with Gasteiger partial charge in [0.05, 0.1) is 0 Å². The van der Waals surface area contributed by atoms with Crippen LogP contribution < -0.4 is 15.5 Å². The minimum Gasteiger partial charge on any atom is -0.381 e. The van der Waals surface area contributed by atoms with E-state index in [0.29, 0.717) is 36.0 Å².